The lowest BCUT2D eigenvalue weighted by atomic mass is 9.92. The van der Waals surface area contributed by atoms with Crippen LogP contribution in [-0.2, 0) is 0 Å². The second-order valence-electron chi connectivity index (χ2n) is 10.3. The number of thiazole rings is 1. The predicted molar refractivity (Wildman–Crippen MR) is 152 cm³/mol. The number of halogens is 2. The summed E-state index contributed by atoms with van der Waals surface area (Å²) in [7, 11) is 2.07. The van der Waals surface area contributed by atoms with E-state index in [-0.39, 0.29) is 39.0 Å². The number of fused-ring (bicyclic) bond motifs is 2. The van der Waals surface area contributed by atoms with Gasteiger partial charge in [0.2, 0.25) is 0 Å². The van der Waals surface area contributed by atoms with Gasteiger partial charge in [0.05, 0.1) is 28.8 Å². The lowest BCUT2D eigenvalue weighted by Crippen LogP contribution is -2.51. The minimum Gasteiger partial charge on any atom is -0.472 e. The van der Waals surface area contributed by atoms with Gasteiger partial charge in [0.25, 0.3) is 0 Å². The summed E-state index contributed by atoms with van der Waals surface area (Å²) in [6.45, 7) is 2.95. The molecule has 0 saturated carbocycles. The molecule has 206 valence electrons. The molecule has 0 unspecified atom stereocenters. The molecule has 5 heterocycles. The molecule has 0 bridgehead atoms. The topological polar surface area (TPSA) is 114 Å². The molecule has 2 aliphatic rings. The van der Waals surface area contributed by atoms with E-state index in [9.17, 15) is 4.39 Å². The second-order valence-corrected chi connectivity index (χ2v) is 11.3. The van der Waals surface area contributed by atoms with Crippen LogP contribution in [0.2, 0.25) is 0 Å². The fourth-order valence-corrected chi connectivity index (χ4v) is 6.19. The van der Waals surface area contributed by atoms with Gasteiger partial charge >= 0.3 is 6.01 Å². The third-order valence-electron chi connectivity index (χ3n) is 7.72. The molecule has 2 aromatic carbocycles. The van der Waals surface area contributed by atoms with Crippen LogP contribution in [0.4, 0.5) is 19.7 Å². The van der Waals surface area contributed by atoms with Crippen molar-refractivity contribution in [3.63, 3.8) is 0 Å². The van der Waals surface area contributed by atoms with Crippen molar-refractivity contribution in [1.29, 1.82) is 0 Å². The summed E-state index contributed by atoms with van der Waals surface area (Å²) in [5.41, 5.74) is 8.16. The Hall–Kier alpha value is -3.87. The van der Waals surface area contributed by atoms with E-state index in [0.717, 1.165) is 43.8 Å². The number of hydrogen-bond donors (Lipinski definition) is 3. The van der Waals surface area contributed by atoms with Gasteiger partial charge in [0.15, 0.2) is 10.9 Å². The smallest absolute Gasteiger partial charge is 0.319 e. The normalized spacial score (nSPS) is 18.0. The molecular formula is C28H27F2N7O2S. The number of hydrogen-bond acceptors (Lipinski definition) is 10. The second kappa shape index (κ2) is 9.95. The molecule has 2 fully saturated rings. The van der Waals surface area contributed by atoms with Crippen LogP contribution in [0, 0.1) is 11.6 Å². The number of nitrogens with one attached hydrogen (secondary N) is 2. The minimum absolute atomic E-state index is 0.0995. The van der Waals surface area contributed by atoms with Crippen LogP contribution in [0.5, 0.6) is 6.01 Å². The SMILES string of the molecule is CN1CCC[C@H]1COc1nc(NC2CNC2)c2cc(-c3ccoc3)c(-c3ccc(F)c4sc(N)nc34)c(F)c2n1. The third kappa shape index (κ3) is 4.32. The lowest BCUT2D eigenvalue weighted by Gasteiger charge is -2.29. The van der Waals surface area contributed by atoms with Crippen LogP contribution >= 0.6 is 11.3 Å². The summed E-state index contributed by atoms with van der Waals surface area (Å²) in [5.74, 6) is -0.564. The minimum atomic E-state index is -0.590. The Balaban J connectivity index is 1.44. The molecule has 7 rings (SSSR count). The van der Waals surface area contributed by atoms with E-state index in [1.165, 1.54) is 18.4 Å². The van der Waals surface area contributed by atoms with Crippen molar-refractivity contribution >= 4 is 43.4 Å². The molecule has 3 aromatic heterocycles. The maximum atomic E-state index is 16.9. The van der Waals surface area contributed by atoms with Gasteiger partial charge in [-0.05, 0) is 56.3 Å². The molecule has 0 amide bonds. The quantitative estimate of drug-likeness (QED) is 0.255. The average molecular weight is 564 g/mol. The highest BCUT2D eigenvalue weighted by molar-refractivity contribution is 7.22. The first-order valence-corrected chi connectivity index (χ1v) is 14.0. The van der Waals surface area contributed by atoms with E-state index in [1.807, 2.05) is 6.07 Å². The van der Waals surface area contributed by atoms with E-state index >= 15 is 4.39 Å². The number of nitrogen functional groups attached to an aromatic ring is 1. The number of anilines is 2. The first-order valence-electron chi connectivity index (χ1n) is 13.2. The Morgan fingerprint density at radius 1 is 1.18 bits per heavy atom. The van der Waals surface area contributed by atoms with Crippen molar-refractivity contribution < 1.29 is 17.9 Å². The molecular weight excluding hydrogens is 536 g/mol. The van der Waals surface area contributed by atoms with Gasteiger partial charge in [0.1, 0.15) is 23.8 Å². The molecule has 9 nitrogen and oxygen atoms in total. The van der Waals surface area contributed by atoms with Crippen LogP contribution in [0.25, 0.3) is 43.4 Å². The fourth-order valence-electron chi connectivity index (χ4n) is 5.43. The van der Waals surface area contributed by atoms with Gasteiger partial charge in [-0.2, -0.15) is 9.97 Å². The zero-order chi connectivity index (χ0) is 27.4. The van der Waals surface area contributed by atoms with E-state index < -0.39 is 11.6 Å². The van der Waals surface area contributed by atoms with Gasteiger partial charge in [-0.1, -0.05) is 11.3 Å². The molecule has 0 spiro atoms. The molecule has 2 aliphatic heterocycles. The van der Waals surface area contributed by atoms with E-state index in [2.05, 4.69) is 37.5 Å². The number of furan rings is 1. The van der Waals surface area contributed by atoms with Gasteiger partial charge in [-0.15, -0.1) is 0 Å². The molecule has 40 heavy (non-hydrogen) atoms. The summed E-state index contributed by atoms with van der Waals surface area (Å²) in [6.07, 6.45) is 5.19. The first kappa shape index (κ1) is 25.1. The maximum absolute atomic E-state index is 16.9. The molecule has 2 saturated heterocycles. The van der Waals surface area contributed by atoms with Crippen LogP contribution < -0.4 is 21.1 Å². The summed E-state index contributed by atoms with van der Waals surface area (Å²) >= 11 is 1.02. The molecule has 12 heteroatoms. The number of benzene rings is 2. The van der Waals surface area contributed by atoms with Gasteiger partial charge in [-0.25, -0.2) is 13.8 Å². The van der Waals surface area contributed by atoms with Crippen molar-refractivity contribution in [2.75, 3.05) is 44.3 Å². The zero-order valence-electron chi connectivity index (χ0n) is 21.7. The van der Waals surface area contributed by atoms with Crippen LogP contribution in [-0.4, -0.2) is 65.2 Å². The van der Waals surface area contributed by atoms with Crippen LogP contribution in [0.1, 0.15) is 12.8 Å². The standard InChI is InChI=1S/C28H27F2N7O2S/c1-37-7-2-3-16(37)13-39-28-35-23-19(26(36-28)33-15-10-32-11-15)9-18(14-6-8-38-12-14)21(22(23)30)17-4-5-20(29)25-24(17)34-27(31)40-25/h4-6,8-9,12,15-16,32H,2-3,7,10-11,13H2,1H3,(H2,31,34)(H,33,35,36)/t16-/m0/s1. The van der Waals surface area contributed by atoms with E-state index in [1.54, 1.807) is 12.3 Å². The summed E-state index contributed by atoms with van der Waals surface area (Å²) in [4.78, 5) is 15.8. The maximum Gasteiger partial charge on any atom is 0.319 e. The largest absolute Gasteiger partial charge is 0.472 e. The average Bonchev–Trinajstić information content (AvgIpc) is 3.67. The van der Waals surface area contributed by atoms with Crippen LogP contribution in [0.3, 0.4) is 0 Å². The van der Waals surface area contributed by atoms with Crippen molar-refractivity contribution in [3.8, 4) is 28.3 Å². The molecule has 5 aromatic rings. The van der Waals surface area contributed by atoms with Gasteiger partial charge < -0.3 is 30.4 Å². The number of aromatic nitrogens is 3. The monoisotopic (exact) mass is 563 g/mol. The highest BCUT2D eigenvalue weighted by Crippen LogP contribution is 2.44. The first-order chi connectivity index (χ1) is 19.5. The summed E-state index contributed by atoms with van der Waals surface area (Å²) in [6, 6.07) is 6.91. The van der Waals surface area contributed by atoms with Gasteiger partial charge in [0, 0.05) is 41.2 Å². The fraction of sp³-hybridized carbons (Fsp3) is 0.321. The number of nitrogens with zero attached hydrogens (tertiary/aromatic N) is 4. The Morgan fingerprint density at radius 2 is 2.05 bits per heavy atom. The highest BCUT2D eigenvalue weighted by atomic mass is 32.1. The molecule has 1 atom stereocenters. The van der Waals surface area contributed by atoms with Crippen LogP contribution in [0.15, 0.2) is 41.2 Å². The van der Waals surface area contributed by atoms with Crippen molar-refractivity contribution in [2.24, 2.45) is 0 Å². The zero-order valence-corrected chi connectivity index (χ0v) is 22.5. The Labute approximate surface area is 232 Å². The molecule has 0 radical (unpaired) electrons. The predicted octanol–water partition coefficient (Wildman–Crippen LogP) is 4.88. The third-order valence-corrected chi connectivity index (χ3v) is 8.62. The van der Waals surface area contributed by atoms with Crippen molar-refractivity contribution in [3.05, 3.63) is 48.4 Å². The lowest BCUT2D eigenvalue weighted by molar-refractivity contribution is 0.188. The summed E-state index contributed by atoms with van der Waals surface area (Å²) in [5, 5.41) is 7.36. The number of ether oxygens (including phenoxy) is 1. The van der Waals surface area contributed by atoms with E-state index in [0.29, 0.717) is 40.0 Å². The summed E-state index contributed by atoms with van der Waals surface area (Å²) < 4.78 is 43.2. The van der Waals surface area contributed by atoms with Gasteiger partial charge in [-0.3, -0.25) is 0 Å². The number of likely N-dealkylation sites (N-methyl/N-ethyl adjacent to an activating group) is 1. The van der Waals surface area contributed by atoms with E-state index in [4.69, 9.17) is 14.9 Å². The Kier molecular flexibility index (Phi) is 6.25. The molecule has 0 aliphatic carbocycles. The Bertz CT molecular complexity index is 1720. The number of nitrogens with two attached hydrogens (primary N) is 1. The highest BCUT2D eigenvalue weighted by Gasteiger charge is 2.27. The number of likely N-dealkylation sites (tertiary alicyclic amines) is 1. The van der Waals surface area contributed by atoms with Crippen molar-refractivity contribution in [1.82, 2.24) is 25.2 Å². The molecule has 4 N–H and O–H groups in total. The van der Waals surface area contributed by atoms with Crippen molar-refractivity contribution in [2.45, 2.75) is 24.9 Å². The Morgan fingerprint density at radius 3 is 2.77 bits per heavy atom. The number of rotatable bonds is 7.